The molecular weight excluding hydrogens is 390 g/mol. The van der Waals surface area contributed by atoms with Crippen molar-refractivity contribution in [3.63, 3.8) is 0 Å². The molecule has 6 heteroatoms. The maximum absolute atomic E-state index is 10.9. The molecule has 0 aliphatic heterocycles. The molecule has 0 fully saturated rings. The summed E-state index contributed by atoms with van der Waals surface area (Å²) < 4.78 is 6.63. The molecule has 0 unspecified atom stereocenters. The van der Waals surface area contributed by atoms with Crippen LogP contribution >= 0.6 is 31.9 Å². The molecule has 2 aromatic carbocycles. The standard InChI is InChI=1S/C14H11Br2NO3/c15-8-11-7-12(5-6-13(11)16)20-9-10-3-1-2-4-14(10)17(18)19/h1-7H,8-9H2. The van der Waals surface area contributed by atoms with Crippen LogP contribution in [-0.2, 0) is 11.9 Å². The van der Waals surface area contributed by atoms with Gasteiger partial charge in [-0.1, -0.05) is 44.0 Å². The summed E-state index contributed by atoms with van der Waals surface area (Å²) in [5.74, 6) is 0.681. The highest BCUT2D eigenvalue weighted by Gasteiger charge is 2.12. The second-order valence-electron chi connectivity index (χ2n) is 4.06. The second kappa shape index (κ2) is 6.85. The predicted octanol–water partition coefficient (Wildman–Crippen LogP) is 4.83. The first kappa shape index (κ1) is 15.0. The molecular formula is C14H11Br2NO3. The fraction of sp³-hybridized carbons (Fsp3) is 0.143. The molecule has 0 atom stereocenters. The molecule has 0 saturated heterocycles. The number of nitro benzene ring substituents is 1. The van der Waals surface area contributed by atoms with E-state index < -0.39 is 4.92 Å². The number of para-hydroxylation sites is 1. The van der Waals surface area contributed by atoms with Gasteiger partial charge in [-0.2, -0.15) is 0 Å². The van der Waals surface area contributed by atoms with Gasteiger partial charge in [-0.15, -0.1) is 0 Å². The summed E-state index contributed by atoms with van der Waals surface area (Å²) in [7, 11) is 0. The highest BCUT2D eigenvalue weighted by Crippen LogP contribution is 2.26. The van der Waals surface area contributed by atoms with Crippen LogP contribution in [0.4, 0.5) is 5.69 Å². The third-order valence-electron chi connectivity index (χ3n) is 2.74. The largest absolute Gasteiger partial charge is 0.489 e. The van der Waals surface area contributed by atoms with Gasteiger partial charge in [0.25, 0.3) is 5.69 Å². The smallest absolute Gasteiger partial charge is 0.276 e. The van der Waals surface area contributed by atoms with Crippen molar-refractivity contribution in [2.45, 2.75) is 11.9 Å². The fourth-order valence-electron chi connectivity index (χ4n) is 1.72. The van der Waals surface area contributed by atoms with Crippen molar-refractivity contribution in [1.29, 1.82) is 0 Å². The third-order valence-corrected chi connectivity index (χ3v) is 4.12. The van der Waals surface area contributed by atoms with E-state index in [4.69, 9.17) is 4.74 Å². The van der Waals surface area contributed by atoms with Crippen LogP contribution < -0.4 is 4.74 Å². The van der Waals surface area contributed by atoms with E-state index >= 15 is 0 Å². The molecule has 20 heavy (non-hydrogen) atoms. The minimum absolute atomic E-state index is 0.0744. The Morgan fingerprint density at radius 3 is 2.60 bits per heavy atom. The quantitative estimate of drug-likeness (QED) is 0.410. The Bertz CT molecular complexity index is 632. The highest BCUT2D eigenvalue weighted by atomic mass is 79.9. The van der Waals surface area contributed by atoms with Crippen molar-refractivity contribution in [3.8, 4) is 5.75 Å². The maximum Gasteiger partial charge on any atom is 0.276 e. The van der Waals surface area contributed by atoms with Gasteiger partial charge in [-0.05, 0) is 29.8 Å². The van der Waals surface area contributed by atoms with Crippen LogP contribution in [-0.4, -0.2) is 4.92 Å². The van der Waals surface area contributed by atoms with Gasteiger partial charge in [0.15, 0.2) is 0 Å². The third kappa shape index (κ3) is 3.58. The molecule has 0 bridgehead atoms. The average Bonchev–Trinajstić information content (AvgIpc) is 2.46. The summed E-state index contributed by atoms with van der Waals surface area (Å²) in [6.45, 7) is 0.167. The van der Waals surface area contributed by atoms with Crippen LogP contribution in [0.25, 0.3) is 0 Å². The van der Waals surface area contributed by atoms with Gasteiger partial charge in [0.2, 0.25) is 0 Å². The van der Waals surface area contributed by atoms with Crippen LogP contribution in [0, 0.1) is 10.1 Å². The van der Waals surface area contributed by atoms with E-state index in [0.29, 0.717) is 16.6 Å². The number of benzene rings is 2. The van der Waals surface area contributed by atoms with Gasteiger partial charge < -0.3 is 4.74 Å². The number of halogens is 2. The molecule has 2 aromatic rings. The van der Waals surface area contributed by atoms with E-state index in [1.54, 1.807) is 18.2 Å². The molecule has 0 radical (unpaired) electrons. The van der Waals surface area contributed by atoms with Crippen molar-refractivity contribution in [3.05, 3.63) is 68.2 Å². The lowest BCUT2D eigenvalue weighted by Crippen LogP contribution is -2.00. The minimum atomic E-state index is -0.399. The van der Waals surface area contributed by atoms with E-state index in [1.807, 2.05) is 18.2 Å². The van der Waals surface area contributed by atoms with Crippen LogP contribution in [0.1, 0.15) is 11.1 Å². The number of alkyl halides is 1. The first-order valence-corrected chi connectivity index (χ1v) is 7.72. The van der Waals surface area contributed by atoms with E-state index in [2.05, 4.69) is 31.9 Å². The summed E-state index contributed by atoms with van der Waals surface area (Å²) in [4.78, 5) is 10.5. The first-order chi connectivity index (χ1) is 9.61. The predicted molar refractivity (Wildman–Crippen MR) is 84.2 cm³/mol. The first-order valence-electron chi connectivity index (χ1n) is 5.81. The lowest BCUT2D eigenvalue weighted by atomic mass is 10.2. The van der Waals surface area contributed by atoms with Gasteiger partial charge in [0.1, 0.15) is 12.4 Å². The molecule has 0 saturated carbocycles. The van der Waals surface area contributed by atoms with Crippen molar-refractivity contribution < 1.29 is 9.66 Å². The normalized spacial score (nSPS) is 10.3. The zero-order valence-corrected chi connectivity index (χ0v) is 13.6. The van der Waals surface area contributed by atoms with Crippen LogP contribution in [0.15, 0.2) is 46.9 Å². The zero-order chi connectivity index (χ0) is 14.5. The van der Waals surface area contributed by atoms with E-state index in [1.165, 1.54) is 6.07 Å². The second-order valence-corrected chi connectivity index (χ2v) is 5.48. The van der Waals surface area contributed by atoms with Gasteiger partial charge in [0.05, 0.1) is 10.5 Å². The molecule has 0 amide bonds. The molecule has 2 rings (SSSR count). The minimum Gasteiger partial charge on any atom is -0.489 e. The molecule has 104 valence electrons. The summed E-state index contributed by atoms with van der Waals surface area (Å²) in [6.07, 6.45) is 0. The maximum atomic E-state index is 10.9. The Hall–Kier alpha value is -1.40. The van der Waals surface area contributed by atoms with E-state index in [0.717, 1.165) is 10.0 Å². The topological polar surface area (TPSA) is 52.4 Å². The van der Waals surface area contributed by atoms with Gasteiger partial charge in [-0.25, -0.2) is 0 Å². The van der Waals surface area contributed by atoms with Gasteiger partial charge in [-0.3, -0.25) is 10.1 Å². The number of rotatable bonds is 5. The summed E-state index contributed by atoms with van der Waals surface area (Å²) in [5.41, 5.74) is 1.69. The number of nitrogens with zero attached hydrogens (tertiary/aromatic N) is 1. The lowest BCUT2D eigenvalue weighted by Gasteiger charge is -2.09. The molecule has 0 aromatic heterocycles. The SMILES string of the molecule is O=[N+]([O-])c1ccccc1COc1ccc(Br)c(CBr)c1. The van der Waals surface area contributed by atoms with Crippen molar-refractivity contribution in [2.75, 3.05) is 0 Å². The fourth-order valence-corrected chi connectivity index (χ4v) is 2.94. The van der Waals surface area contributed by atoms with Gasteiger partial charge >= 0.3 is 0 Å². The molecule has 0 spiro atoms. The average molecular weight is 401 g/mol. The zero-order valence-electron chi connectivity index (χ0n) is 10.4. The Morgan fingerprint density at radius 2 is 1.90 bits per heavy atom. The molecule has 4 nitrogen and oxygen atoms in total. The van der Waals surface area contributed by atoms with Crippen molar-refractivity contribution in [1.82, 2.24) is 0 Å². The number of hydrogen-bond donors (Lipinski definition) is 0. The highest BCUT2D eigenvalue weighted by molar-refractivity contribution is 9.10. The number of ether oxygens (including phenoxy) is 1. The van der Waals surface area contributed by atoms with E-state index in [9.17, 15) is 10.1 Å². The Labute approximate surface area is 133 Å². The monoisotopic (exact) mass is 399 g/mol. The Morgan fingerprint density at radius 1 is 1.15 bits per heavy atom. The van der Waals surface area contributed by atoms with Crippen LogP contribution in [0.3, 0.4) is 0 Å². The molecule has 0 heterocycles. The lowest BCUT2D eigenvalue weighted by molar-refractivity contribution is -0.385. The summed E-state index contributed by atoms with van der Waals surface area (Å²) >= 11 is 6.84. The number of hydrogen-bond acceptors (Lipinski definition) is 3. The molecule has 0 N–H and O–H groups in total. The summed E-state index contributed by atoms with van der Waals surface area (Å²) in [6, 6.07) is 12.2. The molecule has 0 aliphatic rings. The summed E-state index contributed by atoms with van der Waals surface area (Å²) in [5, 5.41) is 11.6. The van der Waals surface area contributed by atoms with Crippen LogP contribution in [0.2, 0.25) is 0 Å². The van der Waals surface area contributed by atoms with Gasteiger partial charge in [0, 0.05) is 15.9 Å². The Balaban J connectivity index is 2.15. The van der Waals surface area contributed by atoms with Crippen molar-refractivity contribution in [2.24, 2.45) is 0 Å². The Kier molecular flexibility index (Phi) is 5.14. The number of nitro groups is 1. The molecule has 0 aliphatic carbocycles. The van der Waals surface area contributed by atoms with Crippen molar-refractivity contribution >= 4 is 37.5 Å². The van der Waals surface area contributed by atoms with Crippen LogP contribution in [0.5, 0.6) is 5.75 Å². The van der Waals surface area contributed by atoms with E-state index in [-0.39, 0.29) is 12.3 Å².